The lowest BCUT2D eigenvalue weighted by Crippen LogP contribution is -2.39. The Balaban J connectivity index is 1.75. The molecule has 2 aromatic rings. The number of likely N-dealkylation sites (N-methyl/N-ethyl adjacent to an activating group) is 1. The van der Waals surface area contributed by atoms with Gasteiger partial charge in [-0.15, -0.1) is 0 Å². The monoisotopic (exact) mass is 357 g/mol. The molecule has 6 heteroatoms. The van der Waals surface area contributed by atoms with Gasteiger partial charge in [0.25, 0.3) is 0 Å². The number of rotatable bonds is 7. The van der Waals surface area contributed by atoms with Crippen molar-refractivity contribution in [2.75, 3.05) is 25.5 Å². The Morgan fingerprint density at radius 3 is 2.38 bits per heavy atom. The highest BCUT2D eigenvalue weighted by molar-refractivity contribution is 5.94. The van der Waals surface area contributed by atoms with E-state index in [0.29, 0.717) is 12.2 Å². The fourth-order valence-electron chi connectivity index (χ4n) is 2.59. The van der Waals surface area contributed by atoms with Crippen LogP contribution in [0.2, 0.25) is 0 Å². The number of hydrogen-bond acceptors (Lipinski definition) is 3. The Labute approximate surface area is 153 Å². The zero-order valence-corrected chi connectivity index (χ0v) is 15.3. The largest absolute Gasteiger partial charge is 0.346 e. The van der Waals surface area contributed by atoms with E-state index in [0.717, 1.165) is 0 Å². The Morgan fingerprint density at radius 1 is 1.04 bits per heavy atom. The predicted octanol–water partition coefficient (Wildman–Crippen LogP) is 2.63. The van der Waals surface area contributed by atoms with Crippen molar-refractivity contribution in [3.05, 3.63) is 65.0 Å². The summed E-state index contributed by atoms with van der Waals surface area (Å²) in [5, 5.41) is 5.18. The van der Waals surface area contributed by atoms with Gasteiger partial charge in [0.1, 0.15) is 5.82 Å². The van der Waals surface area contributed by atoms with Gasteiger partial charge in [0.05, 0.1) is 13.1 Å². The van der Waals surface area contributed by atoms with E-state index in [9.17, 15) is 14.0 Å². The van der Waals surface area contributed by atoms with Crippen molar-refractivity contribution in [1.82, 2.24) is 10.2 Å². The molecule has 0 aliphatic rings. The molecule has 0 atom stereocenters. The summed E-state index contributed by atoms with van der Waals surface area (Å²) in [6.45, 7) is 4.81. The molecule has 0 unspecified atom stereocenters. The molecule has 138 valence electrons. The first kappa shape index (κ1) is 19.6. The van der Waals surface area contributed by atoms with Crippen LogP contribution >= 0.6 is 0 Å². The molecule has 0 aliphatic heterocycles. The highest BCUT2D eigenvalue weighted by Gasteiger charge is 2.10. The van der Waals surface area contributed by atoms with Crippen LogP contribution in [0.25, 0.3) is 0 Å². The molecular formula is C20H24FN3O2. The Hall–Kier alpha value is -2.73. The molecule has 2 aromatic carbocycles. The van der Waals surface area contributed by atoms with Gasteiger partial charge in [-0.1, -0.05) is 23.8 Å². The molecule has 2 N–H and O–H groups in total. The molecule has 0 heterocycles. The van der Waals surface area contributed by atoms with Crippen LogP contribution in [-0.4, -0.2) is 36.9 Å². The quantitative estimate of drug-likeness (QED) is 0.801. The average Bonchev–Trinajstić information content (AvgIpc) is 2.58. The van der Waals surface area contributed by atoms with Crippen LogP contribution in [0, 0.1) is 19.7 Å². The maximum Gasteiger partial charge on any atom is 0.243 e. The van der Waals surface area contributed by atoms with Gasteiger partial charge in [0.2, 0.25) is 11.8 Å². The average molecular weight is 357 g/mol. The van der Waals surface area contributed by atoms with E-state index >= 15 is 0 Å². The highest BCUT2D eigenvalue weighted by atomic mass is 19.1. The summed E-state index contributed by atoms with van der Waals surface area (Å²) < 4.78 is 12.8. The Kier molecular flexibility index (Phi) is 6.86. The molecule has 5 nitrogen and oxygen atoms in total. The molecule has 2 rings (SSSR count). The third-order valence-electron chi connectivity index (χ3n) is 3.93. The van der Waals surface area contributed by atoms with Gasteiger partial charge < -0.3 is 10.6 Å². The topological polar surface area (TPSA) is 61.4 Å². The fraction of sp³-hybridized carbons (Fsp3) is 0.300. The first-order valence-electron chi connectivity index (χ1n) is 8.40. The van der Waals surface area contributed by atoms with Crippen LogP contribution in [-0.2, 0) is 16.1 Å². The van der Waals surface area contributed by atoms with E-state index in [-0.39, 0.29) is 30.7 Å². The van der Waals surface area contributed by atoms with E-state index in [1.165, 1.54) is 41.0 Å². The predicted molar refractivity (Wildman–Crippen MR) is 100 cm³/mol. The van der Waals surface area contributed by atoms with Gasteiger partial charge in [0, 0.05) is 12.2 Å². The van der Waals surface area contributed by atoms with Crippen molar-refractivity contribution in [2.45, 2.75) is 20.4 Å². The second kappa shape index (κ2) is 9.10. The van der Waals surface area contributed by atoms with Crippen LogP contribution in [0.4, 0.5) is 10.1 Å². The van der Waals surface area contributed by atoms with Crippen LogP contribution in [0.3, 0.4) is 0 Å². The molecule has 2 amide bonds. The van der Waals surface area contributed by atoms with Gasteiger partial charge in [-0.05, 0) is 56.3 Å². The molecule has 0 saturated heterocycles. The lowest BCUT2D eigenvalue weighted by molar-refractivity contribution is -0.124. The van der Waals surface area contributed by atoms with Gasteiger partial charge in [0.15, 0.2) is 0 Å². The minimum absolute atomic E-state index is 0.131. The van der Waals surface area contributed by atoms with Crippen LogP contribution in [0.15, 0.2) is 42.5 Å². The van der Waals surface area contributed by atoms with Crippen molar-refractivity contribution >= 4 is 17.5 Å². The van der Waals surface area contributed by atoms with Gasteiger partial charge in [-0.25, -0.2) is 4.39 Å². The zero-order valence-electron chi connectivity index (χ0n) is 15.3. The van der Waals surface area contributed by atoms with Crippen molar-refractivity contribution in [1.29, 1.82) is 0 Å². The maximum atomic E-state index is 12.8. The van der Waals surface area contributed by atoms with E-state index in [4.69, 9.17) is 0 Å². The Morgan fingerprint density at radius 2 is 1.73 bits per heavy atom. The van der Waals surface area contributed by atoms with Crippen molar-refractivity contribution in [2.24, 2.45) is 0 Å². The van der Waals surface area contributed by atoms with E-state index in [2.05, 4.69) is 35.8 Å². The number of anilines is 1. The van der Waals surface area contributed by atoms with Gasteiger partial charge in [-0.2, -0.15) is 0 Å². The van der Waals surface area contributed by atoms with Crippen LogP contribution in [0.1, 0.15) is 16.7 Å². The molecule has 0 aromatic heterocycles. The maximum absolute atomic E-state index is 12.8. The van der Waals surface area contributed by atoms with E-state index in [1.807, 2.05) is 18.9 Å². The summed E-state index contributed by atoms with van der Waals surface area (Å²) in [6.07, 6.45) is 0. The zero-order chi connectivity index (χ0) is 19.1. The van der Waals surface area contributed by atoms with Crippen molar-refractivity contribution in [3.8, 4) is 0 Å². The van der Waals surface area contributed by atoms with Crippen LogP contribution in [0.5, 0.6) is 0 Å². The number of halogens is 1. The number of carbonyl (C=O) groups is 2. The third kappa shape index (κ3) is 6.29. The second-order valence-corrected chi connectivity index (χ2v) is 6.43. The van der Waals surface area contributed by atoms with Crippen molar-refractivity contribution in [3.63, 3.8) is 0 Å². The molecule has 0 saturated carbocycles. The molecule has 0 fully saturated rings. The number of amides is 2. The summed E-state index contributed by atoms with van der Waals surface area (Å²) >= 11 is 0. The third-order valence-corrected chi connectivity index (χ3v) is 3.93. The van der Waals surface area contributed by atoms with E-state index in [1.54, 1.807) is 0 Å². The molecule has 26 heavy (non-hydrogen) atoms. The summed E-state index contributed by atoms with van der Waals surface area (Å²) in [5.41, 5.74) is 4.05. The first-order valence-corrected chi connectivity index (χ1v) is 8.40. The number of benzene rings is 2. The second-order valence-electron chi connectivity index (χ2n) is 6.43. The lowest BCUT2D eigenvalue weighted by atomic mass is 10.1. The molecular weight excluding hydrogens is 333 g/mol. The fourth-order valence-corrected chi connectivity index (χ4v) is 2.59. The number of aryl methyl sites for hydroxylation is 2. The van der Waals surface area contributed by atoms with Gasteiger partial charge >= 0.3 is 0 Å². The molecule has 0 aliphatic carbocycles. The lowest BCUT2D eigenvalue weighted by Gasteiger charge is -2.18. The SMILES string of the molecule is Cc1ccc(CN(C)CC(=O)NCC(=O)Nc2ccc(F)cc2)c(C)c1. The van der Waals surface area contributed by atoms with Gasteiger partial charge in [-0.3, -0.25) is 14.5 Å². The Bertz CT molecular complexity index is 775. The summed E-state index contributed by atoms with van der Waals surface area (Å²) in [4.78, 5) is 25.7. The summed E-state index contributed by atoms with van der Waals surface area (Å²) in [7, 11) is 1.86. The molecule has 0 bridgehead atoms. The minimum Gasteiger partial charge on any atom is -0.346 e. The van der Waals surface area contributed by atoms with E-state index < -0.39 is 0 Å². The first-order chi connectivity index (χ1) is 12.3. The smallest absolute Gasteiger partial charge is 0.243 e. The molecule has 0 radical (unpaired) electrons. The van der Waals surface area contributed by atoms with Crippen LogP contribution < -0.4 is 10.6 Å². The number of carbonyl (C=O) groups excluding carboxylic acids is 2. The highest BCUT2D eigenvalue weighted by Crippen LogP contribution is 2.12. The number of hydrogen-bond donors (Lipinski definition) is 2. The summed E-state index contributed by atoms with van der Waals surface area (Å²) in [5.74, 6) is -0.961. The summed E-state index contributed by atoms with van der Waals surface area (Å²) in [6, 6.07) is 11.7. The normalized spacial score (nSPS) is 10.7. The number of nitrogens with one attached hydrogen (secondary N) is 2. The van der Waals surface area contributed by atoms with Crippen molar-refractivity contribution < 1.29 is 14.0 Å². The molecule has 0 spiro atoms. The number of nitrogens with zero attached hydrogens (tertiary/aromatic N) is 1. The standard InChI is InChI=1S/C20H24FN3O2/c1-14-4-5-16(15(2)10-14)12-24(3)13-20(26)22-11-19(25)23-18-8-6-17(21)7-9-18/h4-10H,11-13H2,1-3H3,(H,22,26)(H,23,25). The minimum atomic E-state index is -0.372.